The van der Waals surface area contributed by atoms with Gasteiger partial charge in [0.15, 0.2) is 0 Å². The zero-order chi connectivity index (χ0) is 13.0. The van der Waals surface area contributed by atoms with Gasteiger partial charge in [-0.05, 0) is 22.4 Å². The number of benzene rings is 1. The van der Waals surface area contributed by atoms with Crippen LogP contribution in [-0.2, 0) is 0 Å². The van der Waals surface area contributed by atoms with Crippen LogP contribution in [0.1, 0.15) is 10.4 Å². The maximum absolute atomic E-state index is 11.7. The summed E-state index contributed by atoms with van der Waals surface area (Å²) in [6.07, 6.45) is 0. The highest BCUT2D eigenvalue weighted by atomic mass is 16.6. The van der Waals surface area contributed by atoms with E-state index in [1.54, 1.807) is 30.3 Å². The smallest absolute Gasteiger partial charge is 0.257 e. The summed E-state index contributed by atoms with van der Waals surface area (Å²) in [6, 6.07) is 8.57. The molecule has 0 unspecified atom stereocenters. The molecule has 0 saturated heterocycles. The van der Waals surface area contributed by atoms with Crippen LogP contribution in [-0.4, -0.2) is 22.2 Å². The molecule has 0 radical (unpaired) electrons. The fourth-order valence-electron chi connectivity index (χ4n) is 1.19. The number of amides is 1. The number of carbonyl (C=O) groups is 1. The number of aliphatic imine (C=N–C) groups is 1. The van der Waals surface area contributed by atoms with E-state index in [0.717, 1.165) is 0 Å². The van der Waals surface area contributed by atoms with Crippen molar-refractivity contribution in [2.45, 2.75) is 0 Å². The van der Waals surface area contributed by atoms with Crippen LogP contribution in [0, 0.1) is 0 Å². The lowest BCUT2D eigenvalue weighted by Gasteiger charge is -2.02. The molecule has 0 atom stereocenters. The summed E-state index contributed by atoms with van der Waals surface area (Å²) in [5.74, 6) is -0.522. The molecule has 0 fully saturated rings. The van der Waals surface area contributed by atoms with Crippen molar-refractivity contribution in [2.24, 2.45) is 10.7 Å². The van der Waals surface area contributed by atoms with Gasteiger partial charge < -0.3 is 11.5 Å². The number of nitrogens with zero attached hydrogens (tertiary/aromatic N) is 3. The lowest BCUT2D eigenvalue weighted by atomic mass is 10.2. The van der Waals surface area contributed by atoms with Crippen molar-refractivity contribution in [2.75, 3.05) is 5.73 Å². The first-order valence-corrected chi connectivity index (χ1v) is 4.95. The maximum atomic E-state index is 11.7. The summed E-state index contributed by atoms with van der Waals surface area (Å²) in [7, 11) is 0. The highest BCUT2D eigenvalue weighted by Gasteiger charge is 2.08. The molecule has 1 heterocycles. The number of nitrogens with two attached hydrogens (primary N) is 2. The Hall–Kier alpha value is -2.90. The molecule has 0 saturated carbocycles. The number of aromatic nitrogens is 2. The summed E-state index contributed by atoms with van der Waals surface area (Å²) in [6.45, 7) is 0. The van der Waals surface area contributed by atoms with Crippen molar-refractivity contribution in [1.29, 1.82) is 0 Å². The molecule has 0 bridgehead atoms. The first-order chi connectivity index (χ1) is 8.66. The predicted octanol–water partition coefficient (Wildman–Crippen LogP) is 0.0280. The minimum absolute atomic E-state index is 0.00749. The first-order valence-electron chi connectivity index (χ1n) is 4.95. The van der Waals surface area contributed by atoms with Crippen LogP contribution in [0.5, 0.6) is 0 Å². The van der Waals surface area contributed by atoms with Crippen LogP contribution in [0.25, 0.3) is 0 Å². The third-order valence-electron chi connectivity index (χ3n) is 2.00. The van der Waals surface area contributed by atoms with Crippen LogP contribution in [0.4, 0.5) is 11.6 Å². The molecular weight excluding hydrogens is 236 g/mol. The molecule has 2 aromatic rings. The number of rotatable bonds is 2. The SMILES string of the molecule is NC(=Nc1nonc1N)NC(=O)c1ccccc1. The standard InChI is InChI=1S/C10H10N6O2/c11-7-8(16-18-15-7)13-10(12)14-9(17)6-4-2-1-3-5-6/h1-5H,(H2,11,15)(H3,12,13,14,16,17). The van der Waals surface area contributed by atoms with Crippen molar-refractivity contribution in [3.05, 3.63) is 35.9 Å². The Kier molecular flexibility index (Phi) is 3.19. The zero-order valence-electron chi connectivity index (χ0n) is 9.20. The highest BCUT2D eigenvalue weighted by molar-refractivity contribution is 6.05. The molecule has 0 spiro atoms. The second kappa shape index (κ2) is 4.95. The van der Waals surface area contributed by atoms with E-state index in [2.05, 4.69) is 25.3 Å². The molecular formula is C10H10N6O2. The third kappa shape index (κ3) is 2.61. The van der Waals surface area contributed by atoms with Gasteiger partial charge in [0, 0.05) is 5.56 Å². The molecule has 18 heavy (non-hydrogen) atoms. The zero-order valence-corrected chi connectivity index (χ0v) is 9.20. The average Bonchev–Trinajstić information content (AvgIpc) is 2.76. The number of hydrogen-bond donors (Lipinski definition) is 3. The Bertz CT molecular complexity index is 577. The van der Waals surface area contributed by atoms with Crippen molar-refractivity contribution in [3.63, 3.8) is 0 Å². The fourth-order valence-corrected chi connectivity index (χ4v) is 1.19. The van der Waals surface area contributed by atoms with Crippen molar-refractivity contribution in [1.82, 2.24) is 15.6 Å². The molecule has 8 heteroatoms. The summed E-state index contributed by atoms with van der Waals surface area (Å²) in [5.41, 5.74) is 11.4. The van der Waals surface area contributed by atoms with E-state index in [-0.39, 0.29) is 23.5 Å². The van der Waals surface area contributed by atoms with Gasteiger partial charge in [0.05, 0.1) is 0 Å². The van der Waals surface area contributed by atoms with Crippen molar-refractivity contribution in [3.8, 4) is 0 Å². The summed E-state index contributed by atoms with van der Waals surface area (Å²) in [4.78, 5) is 15.5. The van der Waals surface area contributed by atoms with Crippen LogP contribution in [0.15, 0.2) is 40.0 Å². The van der Waals surface area contributed by atoms with Gasteiger partial charge in [0.2, 0.25) is 17.6 Å². The first kappa shape index (κ1) is 11.6. The molecule has 8 nitrogen and oxygen atoms in total. The summed E-state index contributed by atoms with van der Waals surface area (Å²) >= 11 is 0. The molecule has 1 aromatic carbocycles. The topological polar surface area (TPSA) is 132 Å². The van der Waals surface area contributed by atoms with Gasteiger partial charge in [-0.3, -0.25) is 10.1 Å². The van der Waals surface area contributed by atoms with Crippen LogP contribution in [0.3, 0.4) is 0 Å². The van der Waals surface area contributed by atoms with Gasteiger partial charge in [0.25, 0.3) is 5.91 Å². The second-order valence-electron chi connectivity index (χ2n) is 3.29. The maximum Gasteiger partial charge on any atom is 0.257 e. The van der Waals surface area contributed by atoms with Gasteiger partial charge in [0.1, 0.15) is 0 Å². The number of carbonyl (C=O) groups excluding carboxylic acids is 1. The molecule has 92 valence electrons. The van der Waals surface area contributed by atoms with Gasteiger partial charge in [-0.2, -0.15) is 4.99 Å². The van der Waals surface area contributed by atoms with E-state index >= 15 is 0 Å². The number of nitrogen functional groups attached to an aromatic ring is 1. The van der Waals surface area contributed by atoms with E-state index in [4.69, 9.17) is 11.5 Å². The Labute approximate surface area is 102 Å². The summed E-state index contributed by atoms with van der Waals surface area (Å²) in [5, 5.41) is 9.11. The van der Waals surface area contributed by atoms with Crippen LogP contribution >= 0.6 is 0 Å². The number of anilines is 1. The van der Waals surface area contributed by atoms with Crippen molar-refractivity contribution >= 4 is 23.5 Å². The van der Waals surface area contributed by atoms with Gasteiger partial charge in [-0.15, -0.1) is 0 Å². The van der Waals surface area contributed by atoms with E-state index in [9.17, 15) is 4.79 Å². The molecule has 2 rings (SSSR count). The van der Waals surface area contributed by atoms with Crippen LogP contribution < -0.4 is 16.8 Å². The minimum Gasteiger partial charge on any atom is -0.378 e. The highest BCUT2D eigenvalue weighted by Crippen LogP contribution is 2.14. The van der Waals surface area contributed by atoms with Gasteiger partial charge in [-0.1, -0.05) is 18.2 Å². The normalized spacial score (nSPS) is 11.2. The molecule has 0 aliphatic rings. The van der Waals surface area contributed by atoms with E-state index in [0.29, 0.717) is 5.56 Å². The van der Waals surface area contributed by atoms with Gasteiger partial charge in [-0.25, -0.2) is 4.63 Å². The average molecular weight is 246 g/mol. The Balaban J connectivity index is 2.08. The molecule has 0 aliphatic heterocycles. The Morgan fingerprint density at radius 2 is 2.00 bits per heavy atom. The summed E-state index contributed by atoms with van der Waals surface area (Å²) < 4.78 is 4.34. The molecule has 5 N–H and O–H groups in total. The number of hydrogen-bond acceptors (Lipinski definition) is 6. The largest absolute Gasteiger partial charge is 0.378 e. The Morgan fingerprint density at radius 1 is 1.28 bits per heavy atom. The quantitative estimate of drug-likeness (QED) is 0.505. The lowest BCUT2D eigenvalue weighted by Crippen LogP contribution is -2.36. The van der Waals surface area contributed by atoms with Gasteiger partial charge >= 0.3 is 0 Å². The molecule has 1 amide bonds. The molecule has 1 aromatic heterocycles. The monoisotopic (exact) mass is 246 g/mol. The van der Waals surface area contributed by atoms with E-state index < -0.39 is 0 Å². The second-order valence-corrected chi connectivity index (χ2v) is 3.29. The lowest BCUT2D eigenvalue weighted by molar-refractivity contribution is 0.0976. The minimum atomic E-state index is -0.383. The predicted molar refractivity (Wildman–Crippen MR) is 63.9 cm³/mol. The number of nitrogens with one attached hydrogen (secondary N) is 1. The number of guanidine groups is 1. The Morgan fingerprint density at radius 3 is 2.61 bits per heavy atom. The molecule has 0 aliphatic carbocycles. The van der Waals surface area contributed by atoms with E-state index in [1.807, 2.05) is 0 Å². The van der Waals surface area contributed by atoms with Crippen molar-refractivity contribution < 1.29 is 9.42 Å². The van der Waals surface area contributed by atoms with Crippen LogP contribution in [0.2, 0.25) is 0 Å². The third-order valence-corrected chi connectivity index (χ3v) is 2.00. The fraction of sp³-hybridized carbons (Fsp3) is 0. The van der Waals surface area contributed by atoms with E-state index in [1.165, 1.54) is 0 Å².